The Labute approximate surface area is 83.7 Å². The molecule has 3 heteroatoms. The van der Waals surface area contributed by atoms with Crippen LogP contribution in [0.15, 0.2) is 24.3 Å². The number of rotatable bonds is 1. The largest absolute Gasteiger partial charge is 0.313 e. The summed E-state index contributed by atoms with van der Waals surface area (Å²) in [5, 5.41) is 16.7. The molecule has 1 aromatic carbocycles. The molecule has 0 spiro atoms. The molecule has 1 aliphatic rings. The van der Waals surface area contributed by atoms with E-state index in [9.17, 15) is 0 Å². The van der Waals surface area contributed by atoms with Gasteiger partial charge in [0.15, 0.2) is 0 Å². The molecular weight excluding hydrogens is 174 g/mol. The van der Waals surface area contributed by atoms with E-state index in [0.717, 1.165) is 30.8 Å². The van der Waals surface area contributed by atoms with Crippen LogP contribution in [0, 0.1) is 11.3 Å². The summed E-state index contributed by atoms with van der Waals surface area (Å²) >= 11 is 0. The van der Waals surface area contributed by atoms with Crippen LogP contribution in [0.25, 0.3) is 0 Å². The van der Waals surface area contributed by atoms with Crippen LogP contribution < -0.4 is 10.6 Å². The van der Waals surface area contributed by atoms with Crippen molar-refractivity contribution in [1.29, 1.82) is 5.26 Å². The summed E-state index contributed by atoms with van der Waals surface area (Å²) in [6.45, 7) is 2.63. The van der Waals surface area contributed by atoms with Crippen molar-refractivity contribution >= 4 is 0 Å². The monoisotopic (exact) mass is 186 g/mol. The van der Waals surface area contributed by atoms with Gasteiger partial charge in [-0.05, 0) is 11.6 Å². The Bertz CT molecular complexity index is 348. The van der Waals surface area contributed by atoms with Crippen molar-refractivity contribution in [2.24, 2.45) is 0 Å². The Morgan fingerprint density at radius 1 is 1.43 bits per heavy atom. The van der Waals surface area contributed by atoms with Gasteiger partial charge in [0.2, 0.25) is 0 Å². The van der Waals surface area contributed by atoms with E-state index < -0.39 is 0 Å². The molecule has 1 heterocycles. The molecule has 0 aromatic heterocycles. The molecular formula is C11H12N3. The molecule has 1 aromatic rings. The van der Waals surface area contributed by atoms with Crippen LogP contribution >= 0.6 is 0 Å². The summed E-state index contributed by atoms with van der Waals surface area (Å²) in [6.07, 6.45) is 0. The Morgan fingerprint density at radius 3 is 3.00 bits per heavy atom. The van der Waals surface area contributed by atoms with E-state index in [1.54, 1.807) is 0 Å². The molecule has 0 aliphatic carbocycles. The SMILES string of the molecule is N#Cc1ccccc1C1CNCC[N]1. The fourth-order valence-electron chi connectivity index (χ4n) is 1.70. The summed E-state index contributed by atoms with van der Waals surface area (Å²) in [5.41, 5.74) is 1.78. The maximum absolute atomic E-state index is 8.94. The number of nitriles is 1. The second-order valence-electron chi connectivity index (χ2n) is 3.33. The second-order valence-corrected chi connectivity index (χ2v) is 3.33. The van der Waals surface area contributed by atoms with Gasteiger partial charge >= 0.3 is 0 Å². The first kappa shape index (κ1) is 9.20. The Morgan fingerprint density at radius 2 is 2.29 bits per heavy atom. The molecule has 14 heavy (non-hydrogen) atoms. The molecule has 0 amide bonds. The van der Waals surface area contributed by atoms with Crippen LogP contribution in [-0.4, -0.2) is 19.6 Å². The van der Waals surface area contributed by atoms with Crippen LogP contribution in [-0.2, 0) is 0 Å². The average molecular weight is 186 g/mol. The van der Waals surface area contributed by atoms with E-state index in [0.29, 0.717) is 0 Å². The van der Waals surface area contributed by atoms with Crippen LogP contribution in [0.1, 0.15) is 17.2 Å². The van der Waals surface area contributed by atoms with Gasteiger partial charge in [-0.2, -0.15) is 5.26 Å². The minimum atomic E-state index is 0.152. The van der Waals surface area contributed by atoms with Crippen LogP contribution in [0.4, 0.5) is 0 Å². The minimum absolute atomic E-state index is 0.152. The van der Waals surface area contributed by atoms with Crippen molar-refractivity contribution in [1.82, 2.24) is 10.6 Å². The lowest BCUT2D eigenvalue weighted by atomic mass is 10.00. The highest BCUT2D eigenvalue weighted by molar-refractivity contribution is 5.39. The van der Waals surface area contributed by atoms with E-state index in [4.69, 9.17) is 5.26 Å². The van der Waals surface area contributed by atoms with Gasteiger partial charge in [0.25, 0.3) is 0 Å². The van der Waals surface area contributed by atoms with Crippen LogP contribution in [0.5, 0.6) is 0 Å². The molecule has 1 saturated heterocycles. The zero-order chi connectivity index (χ0) is 9.80. The van der Waals surface area contributed by atoms with Gasteiger partial charge < -0.3 is 5.32 Å². The van der Waals surface area contributed by atoms with Crippen molar-refractivity contribution in [2.75, 3.05) is 19.6 Å². The van der Waals surface area contributed by atoms with E-state index >= 15 is 0 Å². The third-order valence-corrected chi connectivity index (χ3v) is 2.42. The topological polar surface area (TPSA) is 49.9 Å². The van der Waals surface area contributed by atoms with Crippen LogP contribution in [0.3, 0.4) is 0 Å². The third-order valence-electron chi connectivity index (χ3n) is 2.42. The van der Waals surface area contributed by atoms with Crippen molar-refractivity contribution in [3.05, 3.63) is 35.4 Å². The number of nitrogens with one attached hydrogen (secondary N) is 1. The number of hydrogen-bond acceptors (Lipinski definition) is 2. The highest BCUT2D eigenvalue weighted by Gasteiger charge is 2.17. The van der Waals surface area contributed by atoms with E-state index in [1.165, 1.54) is 0 Å². The molecule has 71 valence electrons. The first-order valence-corrected chi connectivity index (χ1v) is 4.78. The first-order chi connectivity index (χ1) is 6.92. The zero-order valence-electron chi connectivity index (χ0n) is 7.90. The molecule has 1 radical (unpaired) electrons. The maximum atomic E-state index is 8.94. The normalized spacial score (nSPS) is 21.5. The highest BCUT2D eigenvalue weighted by Crippen LogP contribution is 2.18. The number of hydrogen-bond donors (Lipinski definition) is 1. The van der Waals surface area contributed by atoms with Gasteiger partial charge in [0.05, 0.1) is 17.7 Å². The van der Waals surface area contributed by atoms with Gasteiger partial charge in [-0.1, -0.05) is 18.2 Å². The molecule has 0 bridgehead atoms. The van der Waals surface area contributed by atoms with Gasteiger partial charge in [0.1, 0.15) is 0 Å². The molecule has 1 aliphatic heterocycles. The van der Waals surface area contributed by atoms with Crippen molar-refractivity contribution in [3.63, 3.8) is 0 Å². The summed E-state index contributed by atoms with van der Waals surface area (Å²) in [5.74, 6) is 0. The van der Waals surface area contributed by atoms with Gasteiger partial charge in [-0.15, -0.1) is 0 Å². The lowest BCUT2D eigenvalue weighted by Gasteiger charge is -2.23. The predicted octanol–water partition coefficient (Wildman–Crippen LogP) is 0.807. The number of piperazine rings is 1. The van der Waals surface area contributed by atoms with Gasteiger partial charge in [-0.25, -0.2) is 5.32 Å². The maximum Gasteiger partial charge on any atom is 0.0995 e. The third kappa shape index (κ3) is 1.77. The standard InChI is InChI=1S/C11H12N3/c12-7-9-3-1-2-4-10(9)11-8-13-5-6-14-11/h1-4,11,13H,5-6,8H2. The van der Waals surface area contributed by atoms with Gasteiger partial charge in [0, 0.05) is 19.6 Å². The fourth-order valence-corrected chi connectivity index (χ4v) is 1.70. The predicted molar refractivity (Wildman–Crippen MR) is 53.8 cm³/mol. The summed E-state index contributed by atoms with van der Waals surface area (Å²) in [6, 6.07) is 10.0. The Hall–Kier alpha value is -1.37. The molecule has 1 fully saturated rings. The number of benzene rings is 1. The summed E-state index contributed by atoms with van der Waals surface area (Å²) in [4.78, 5) is 0. The van der Waals surface area contributed by atoms with E-state index in [2.05, 4.69) is 16.7 Å². The Kier molecular flexibility index (Phi) is 2.78. The fraction of sp³-hybridized carbons (Fsp3) is 0.364. The molecule has 1 N–H and O–H groups in total. The second kappa shape index (κ2) is 4.23. The molecule has 1 atom stereocenters. The van der Waals surface area contributed by atoms with E-state index in [-0.39, 0.29) is 6.04 Å². The smallest absolute Gasteiger partial charge is 0.0995 e. The highest BCUT2D eigenvalue weighted by atomic mass is 15.1. The minimum Gasteiger partial charge on any atom is -0.313 e. The van der Waals surface area contributed by atoms with Crippen molar-refractivity contribution < 1.29 is 0 Å². The quantitative estimate of drug-likeness (QED) is 0.705. The molecule has 1 unspecified atom stereocenters. The van der Waals surface area contributed by atoms with Crippen molar-refractivity contribution in [3.8, 4) is 6.07 Å². The lowest BCUT2D eigenvalue weighted by Crippen LogP contribution is -2.38. The Balaban J connectivity index is 2.26. The van der Waals surface area contributed by atoms with Gasteiger partial charge in [-0.3, -0.25) is 0 Å². The molecule has 3 nitrogen and oxygen atoms in total. The zero-order valence-corrected chi connectivity index (χ0v) is 7.90. The number of nitrogens with zero attached hydrogens (tertiary/aromatic N) is 2. The summed E-state index contributed by atoms with van der Waals surface area (Å²) in [7, 11) is 0. The van der Waals surface area contributed by atoms with Crippen LogP contribution in [0.2, 0.25) is 0 Å². The van der Waals surface area contributed by atoms with E-state index in [1.807, 2.05) is 24.3 Å². The molecule has 2 rings (SSSR count). The first-order valence-electron chi connectivity index (χ1n) is 4.78. The molecule has 0 saturated carbocycles. The lowest BCUT2D eigenvalue weighted by molar-refractivity contribution is 0.421. The average Bonchev–Trinajstić information content (AvgIpc) is 2.30. The van der Waals surface area contributed by atoms with Crippen molar-refractivity contribution in [2.45, 2.75) is 6.04 Å². The summed E-state index contributed by atoms with van der Waals surface area (Å²) < 4.78 is 0.